The number of methoxy groups -OCH3 is 2. The molecule has 0 aliphatic heterocycles. The van der Waals surface area contributed by atoms with Gasteiger partial charge in [-0.15, -0.1) is 5.10 Å². The minimum Gasteiger partial charge on any atom is -0.493 e. The molecule has 162 valence electrons. The maximum Gasteiger partial charge on any atom is 0.346 e. The summed E-state index contributed by atoms with van der Waals surface area (Å²) in [5, 5.41) is 7.24. The molecule has 0 radical (unpaired) electrons. The first-order chi connectivity index (χ1) is 15.0. The molecule has 2 aromatic carbocycles. The van der Waals surface area contributed by atoms with E-state index in [0.29, 0.717) is 28.5 Å². The van der Waals surface area contributed by atoms with Crippen molar-refractivity contribution in [1.29, 1.82) is 0 Å². The van der Waals surface area contributed by atoms with Crippen molar-refractivity contribution < 1.29 is 18.7 Å². The Balaban J connectivity index is 1.51. The summed E-state index contributed by atoms with van der Waals surface area (Å²) in [4.78, 5) is 25.5. The van der Waals surface area contributed by atoms with Gasteiger partial charge in [0.15, 0.2) is 17.3 Å². The first kappa shape index (κ1) is 20.6. The third-order valence-electron chi connectivity index (χ3n) is 5.14. The van der Waals surface area contributed by atoms with E-state index in [1.807, 2.05) is 0 Å². The van der Waals surface area contributed by atoms with E-state index in [4.69, 9.17) is 9.47 Å². The summed E-state index contributed by atoms with van der Waals surface area (Å²) in [5.74, 6) is 0.617. The Morgan fingerprint density at radius 2 is 1.90 bits per heavy atom. The van der Waals surface area contributed by atoms with E-state index in [9.17, 15) is 14.0 Å². The van der Waals surface area contributed by atoms with Gasteiger partial charge in [0.1, 0.15) is 5.82 Å². The van der Waals surface area contributed by atoms with Crippen LogP contribution in [0.3, 0.4) is 0 Å². The molecule has 1 aromatic heterocycles. The molecule has 8 nitrogen and oxygen atoms in total. The van der Waals surface area contributed by atoms with Crippen LogP contribution < -0.4 is 20.5 Å². The molecule has 0 saturated heterocycles. The molecule has 1 aliphatic carbocycles. The van der Waals surface area contributed by atoms with E-state index >= 15 is 0 Å². The van der Waals surface area contributed by atoms with Crippen molar-refractivity contribution >= 4 is 5.91 Å². The molecule has 0 bridgehead atoms. The highest BCUT2D eigenvalue weighted by Crippen LogP contribution is 2.36. The molecular formula is C22H23FN4O4. The van der Waals surface area contributed by atoms with Gasteiger partial charge in [0, 0.05) is 18.2 Å². The van der Waals surface area contributed by atoms with Crippen LogP contribution in [0.4, 0.5) is 4.39 Å². The molecule has 1 amide bonds. The number of nitrogens with one attached hydrogen (secondary N) is 1. The molecule has 1 aliphatic rings. The van der Waals surface area contributed by atoms with Gasteiger partial charge in [-0.25, -0.2) is 13.9 Å². The van der Waals surface area contributed by atoms with Gasteiger partial charge >= 0.3 is 5.69 Å². The van der Waals surface area contributed by atoms with Crippen molar-refractivity contribution in [3.8, 4) is 22.9 Å². The van der Waals surface area contributed by atoms with E-state index < -0.39 is 0 Å². The minimum atomic E-state index is -0.348. The van der Waals surface area contributed by atoms with Gasteiger partial charge in [-0.3, -0.25) is 9.36 Å². The highest BCUT2D eigenvalue weighted by Gasteiger charge is 2.30. The minimum absolute atomic E-state index is 0.108. The summed E-state index contributed by atoms with van der Waals surface area (Å²) in [6.07, 6.45) is 1.82. The highest BCUT2D eigenvalue weighted by molar-refractivity contribution is 5.97. The maximum atomic E-state index is 13.3. The van der Waals surface area contributed by atoms with Crippen molar-refractivity contribution in [2.75, 3.05) is 20.8 Å². The van der Waals surface area contributed by atoms with Crippen LogP contribution in [-0.2, 0) is 6.54 Å². The van der Waals surface area contributed by atoms with Crippen LogP contribution >= 0.6 is 0 Å². The molecule has 1 saturated carbocycles. The molecule has 0 spiro atoms. The summed E-state index contributed by atoms with van der Waals surface area (Å²) in [7, 11) is 2.97. The fraction of sp³-hybridized carbons (Fsp3) is 0.318. The molecule has 0 unspecified atom stereocenters. The Kier molecular flexibility index (Phi) is 5.75. The number of rotatable bonds is 8. The number of nitrogens with zero attached hydrogens (tertiary/aromatic N) is 3. The number of ether oxygens (including phenoxy) is 2. The number of amides is 1. The predicted octanol–water partition coefficient (Wildman–Crippen LogP) is 2.63. The second-order valence-corrected chi connectivity index (χ2v) is 7.23. The van der Waals surface area contributed by atoms with Crippen molar-refractivity contribution in [1.82, 2.24) is 19.7 Å². The van der Waals surface area contributed by atoms with Crippen LogP contribution in [0.15, 0.2) is 47.3 Å². The van der Waals surface area contributed by atoms with E-state index in [-0.39, 0.29) is 36.5 Å². The van der Waals surface area contributed by atoms with Gasteiger partial charge in [0.25, 0.3) is 5.91 Å². The third kappa shape index (κ3) is 4.16. The first-order valence-electron chi connectivity index (χ1n) is 9.98. The van der Waals surface area contributed by atoms with Crippen LogP contribution in [-0.4, -0.2) is 41.0 Å². The molecule has 1 N–H and O–H groups in total. The van der Waals surface area contributed by atoms with Crippen molar-refractivity contribution in [2.45, 2.75) is 25.4 Å². The molecule has 31 heavy (non-hydrogen) atoms. The van der Waals surface area contributed by atoms with E-state index in [2.05, 4.69) is 10.4 Å². The van der Waals surface area contributed by atoms with Gasteiger partial charge < -0.3 is 14.8 Å². The third-order valence-corrected chi connectivity index (χ3v) is 5.14. The number of hydrogen-bond acceptors (Lipinski definition) is 5. The second kappa shape index (κ2) is 8.63. The van der Waals surface area contributed by atoms with E-state index in [0.717, 1.165) is 12.8 Å². The highest BCUT2D eigenvalue weighted by atomic mass is 19.1. The fourth-order valence-corrected chi connectivity index (χ4v) is 3.46. The number of aromatic nitrogens is 3. The Morgan fingerprint density at radius 1 is 1.16 bits per heavy atom. The van der Waals surface area contributed by atoms with E-state index in [1.165, 1.54) is 31.0 Å². The van der Waals surface area contributed by atoms with Crippen LogP contribution in [0.2, 0.25) is 0 Å². The van der Waals surface area contributed by atoms with E-state index in [1.54, 1.807) is 34.9 Å². The Morgan fingerprint density at radius 3 is 2.55 bits per heavy atom. The maximum absolute atomic E-state index is 13.3. The van der Waals surface area contributed by atoms with Gasteiger partial charge in [0.2, 0.25) is 0 Å². The summed E-state index contributed by atoms with van der Waals surface area (Å²) < 4.78 is 26.8. The van der Waals surface area contributed by atoms with Crippen LogP contribution in [0.5, 0.6) is 11.5 Å². The lowest BCUT2D eigenvalue weighted by molar-refractivity contribution is 0.0948. The number of carbonyl (C=O) groups excluding carboxylic acids is 1. The van der Waals surface area contributed by atoms with Gasteiger partial charge in [-0.1, -0.05) is 6.07 Å². The number of carbonyl (C=O) groups is 1. The Bertz CT molecular complexity index is 1150. The monoisotopic (exact) mass is 426 g/mol. The van der Waals surface area contributed by atoms with Gasteiger partial charge in [0.05, 0.1) is 26.3 Å². The molecule has 1 fully saturated rings. The zero-order valence-electron chi connectivity index (χ0n) is 17.3. The van der Waals surface area contributed by atoms with Gasteiger partial charge in [-0.2, -0.15) is 0 Å². The number of benzene rings is 2. The molecule has 4 rings (SSSR count). The number of para-hydroxylation sites is 1. The molecular weight excluding hydrogens is 403 g/mol. The smallest absolute Gasteiger partial charge is 0.346 e. The molecule has 0 atom stereocenters. The summed E-state index contributed by atoms with van der Waals surface area (Å²) in [6.45, 7) is 0.397. The fourth-order valence-electron chi connectivity index (χ4n) is 3.46. The van der Waals surface area contributed by atoms with Crippen molar-refractivity contribution in [2.24, 2.45) is 0 Å². The Labute approximate surface area is 178 Å². The predicted molar refractivity (Wildman–Crippen MR) is 112 cm³/mol. The molecule has 3 aromatic rings. The Hall–Kier alpha value is -3.62. The summed E-state index contributed by atoms with van der Waals surface area (Å²) in [6, 6.07) is 11.1. The normalized spacial score (nSPS) is 13.1. The van der Waals surface area contributed by atoms with Crippen LogP contribution in [0, 0.1) is 5.82 Å². The average Bonchev–Trinajstić information content (AvgIpc) is 3.57. The largest absolute Gasteiger partial charge is 0.493 e. The summed E-state index contributed by atoms with van der Waals surface area (Å²) >= 11 is 0. The number of halogens is 1. The van der Waals surface area contributed by atoms with Crippen molar-refractivity contribution in [3.63, 3.8) is 0 Å². The van der Waals surface area contributed by atoms with Gasteiger partial charge in [-0.05, 0) is 49.2 Å². The zero-order chi connectivity index (χ0) is 22.0. The second-order valence-electron chi connectivity index (χ2n) is 7.23. The average molecular weight is 426 g/mol. The first-order valence-corrected chi connectivity index (χ1v) is 9.98. The van der Waals surface area contributed by atoms with Crippen LogP contribution in [0.25, 0.3) is 11.4 Å². The topological polar surface area (TPSA) is 87.4 Å². The molecule has 1 heterocycles. The lowest BCUT2D eigenvalue weighted by Crippen LogP contribution is -2.32. The quantitative estimate of drug-likeness (QED) is 0.598. The summed E-state index contributed by atoms with van der Waals surface area (Å²) in [5.41, 5.74) is 0.772. The number of hydrogen-bond donors (Lipinski definition) is 1. The van der Waals surface area contributed by atoms with Crippen molar-refractivity contribution in [3.05, 3.63) is 64.3 Å². The zero-order valence-corrected chi connectivity index (χ0v) is 17.3. The lowest BCUT2D eigenvalue weighted by atomic mass is 10.1. The standard InChI is InChI=1S/C22H23FN4O4/c1-30-18-5-3-4-17(19(18)31-2)21(28)24-12-13-26-22(29)27(16-10-11-16)20(25-26)14-6-8-15(23)9-7-14/h3-9,16H,10-13H2,1-2H3,(H,24,28). The van der Waals surface area contributed by atoms with Crippen LogP contribution in [0.1, 0.15) is 29.2 Å². The SMILES string of the molecule is COc1cccc(C(=O)NCCn2nc(-c3ccc(F)cc3)n(C3CC3)c2=O)c1OC. The molecule has 9 heteroatoms. The lowest BCUT2D eigenvalue weighted by Gasteiger charge is -2.12.